The second-order valence-corrected chi connectivity index (χ2v) is 4.92. The molecule has 1 atom stereocenters. The van der Waals surface area contributed by atoms with Gasteiger partial charge in [0.25, 0.3) is 0 Å². The molecule has 2 heterocycles. The smallest absolute Gasteiger partial charge is 0.242 e. The van der Waals surface area contributed by atoms with Gasteiger partial charge in [-0.15, -0.1) is 0 Å². The third-order valence-corrected chi connectivity index (χ3v) is 2.95. The number of carbonyl (C=O) groups excluding carboxylic acids is 2. The Morgan fingerprint density at radius 1 is 1.40 bits per heavy atom. The molecule has 20 heavy (non-hydrogen) atoms. The van der Waals surface area contributed by atoms with Crippen molar-refractivity contribution in [1.29, 1.82) is 0 Å². The van der Waals surface area contributed by atoms with Crippen LogP contribution < -0.4 is 10.6 Å². The van der Waals surface area contributed by atoms with E-state index in [0.29, 0.717) is 11.6 Å². The Morgan fingerprint density at radius 2 is 2.15 bits per heavy atom. The van der Waals surface area contributed by atoms with E-state index in [1.165, 1.54) is 6.92 Å². The molecule has 0 aliphatic carbocycles. The average Bonchev–Trinajstić information content (AvgIpc) is 2.76. The van der Waals surface area contributed by atoms with Crippen LogP contribution in [0, 0.1) is 0 Å². The van der Waals surface area contributed by atoms with Crippen LogP contribution >= 0.6 is 11.6 Å². The molecule has 0 radical (unpaired) electrons. The van der Waals surface area contributed by atoms with Gasteiger partial charge < -0.3 is 15.0 Å². The Balaban J connectivity index is 1.98. The van der Waals surface area contributed by atoms with Crippen LogP contribution in [0.15, 0.2) is 24.5 Å². The van der Waals surface area contributed by atoms with E-state index < -0.39 is 6.04 Å². The van der Waals surface area contributed by atoms with Crippen molar-refractivity contribution >= 4 is 29.1 Å². The molecular weight excluding hydrogens is 280 g/mol. The Hall–Kier alpha value is -2.08. The number of rotatable bonds is 4. The molecule has 0 bridgehead atoms. The number of pyridine rings is 1. The predicted molar refractivity (Wildman–Crippen MR) is 75.3 cm³/mol. The van der Waals surface area contributed by atoms with Gasteiger partial charge in [0.1, 0.15) is 11.7 Å². The number of nitrogens with one attached hydrogen (secondary N) is 2. The molecule has 2 aromatic heterocycles. The molecule has 0 aliphatic rings. The van der Waals surface area contributed by atoms with Crippen LogP contribution in [-0.4, -0.2) is 27.2 Å². The number of halogens is 1. The molecule has 2 aromatic rings. The molecule has 2 N–H and O–H groups in total. The molecule has 0 aliphatic heterocycles. The molecule has 0 spiro atoms. The normalized spacial score (nSPS) is 12.2. The lowest BCUT2D eigenvalue weighted by Crippen LogP contribution is -2.43. The van der Waals surface area contributed by atoms with Gasteiger partial charge in [0.05, 0.1) is 17.3 Å². The number of amides is 2. The Morgan fingerprint density at radius 3 is 2.85 bits per heavy atom. The maximum atomic E-state index is 11.7. The summed E-state index contributed by atoms with van der Waals surface area (Å²) in [5.74, 6) is -0.495. The number of fused-ring (bicyclic) bond motifs is 1. The van der Waals surface area contributed by atoms with Crippen molar-refractivity contribution in [1.82, 2.24) is 20.0 Å². The molecule has 0 aromatic carbocycles. The predicted octanol–water partition coefficient (Wildman–Crippen LogP) is 1.13. The first-order valence-corrected chi connectivity index (χ1v) is 6.51. The van der Waals surface area contributed by atoms with E-state index in [0.717, 1.165) is 11.3 Å². The largest absolute Gasteiger partial charge is 0.349 e. The van der Waals surface area contributed by atoms with Gasteiger partial charge in [0.15, 0.2) is 0 Å². The van der Waals surface area contributed by atoms with Crippen LogP contribution in [0.1, 0.15) is 19.5 Å². The summed E-state index contributed by atoms with van der Waals surface area (Å²) < 4.78 is 1.79. The highest BCUT2D eigenvalue weighted by Crippen LogP contribution is 2.11. The highest BCUT2D eigenvalue weighted by Gasteiger charge is 2.13. The Bertz CT molecular complexity index is 653. The van der Waals surface area contributed by atoms with Crippen LogP contribution in [0.4, 0.5) is 0 Å². The number of imidazole rings is 1. The number of hydrogen-bond donors (Lipinski definition) is 2. The standard InChI is InChI=1S/C13H15ClN4O2/c1-8(16-9(2)19)13(20)15-5-11-7-18-6-10(14)3-4-12(18)17-11/h3-4,6-8H,5H2,1-2H3,(H,15,20)(H,16,19). The fourth-order valence-corrected chi connectivity index (χ4v) is 1.97. The monoisotopic (exact) mass is 294 g/mol. The minimum absolute atomic E-state index is 0.241. The summed E-state index contributed by atoms with van der Waals surface area (Å²) in [4.78, 5) is 27.0. The van der Waals surface area contributed by atoms with Crippen molar-refractivity contribution in [2.24, 2.45) is 0 Å². The lowest BCUT2D eigenvalue weighted by Gasteiger charge is -2.11. The quantitative estimate of drug-likeness (QED) is 0.887. The molecule has 1 unspecified atom stereocenters. The van der Waals surface area contributed by atoms with Gasteiger partial charge in [0, 0.05) is 19.3 Å². The number of carbonyl (C=O) groups is 2. The number of nitrogens with zero attached hydrogens (tertiary/aromatic N) is 2. The minimum Gasteiger partial charge on any atom is -0.349 e. The van der Waals surface area contributed by atoms with Crippen LogP contribution in [0.2, 0.25) is 5.02 Å². The lowest BCUT2D eigenvalue weighted by molar-refractivity contribution is -0.127. The van der Waals surface area contributed by atoms with Crippen LogP contribution in [-0.2, 0) is 16.1 Å². The lowest BCUT2D eigenvalue weighted by atomic mass is 10.3. The van der Waals surface area contributed by atoms with Crippen LogP contribution in [0.3, 0.4) is 0 Å². The summed E-state index contributed by atoms with van der Waals surface area (Å²) in [5.41, 5.74) is 1.48. The van der Waals surface area contributed by atoms with Crippen molar-refractivity contribution in [2.75, 3.05) is 0 Å². The van der Waals surface area contributed by atoms with E-state index in [1.807, 2.05) is 0 Å². The zero-order valence-corrected chi connectivity index (χ0v) is 11.9. The summed E-state index contributed by atoms with van der Waals surface area (Å²) >= 11 is 5.89. The van der Waals surface area contributed by atoms with E-state index in [-0.39, 0.29) is 11.8 Å². The van der Waals surface area contributed by atoms with Crippen molar-refractivity contribution in [3.63, 3.8) is 0 Å². The molecule has 0 fully saturated rings. The fourth-order valence-electron chi connectivity index (χ4n) is 1.80. The van der Waals surface area contributed by atoms with E-state index in [2.05, 4.69) is 15.6 Å². The highest BCUT2D eigenvalue weighted by molar-refractivity contribution is 6.30. The van der Waals surface area contributed by atoms with E-state index in [9.17, 15) is 9.59 Å². The summed E-state index contributed by atoms with van der Waals surface area (Å²) in [6.07, 6.45) is 3.54. The molecular formula is C13H15ClN4O2. The van der Waals surface area contributed by atoms with Gasteiger partial charge in [-0.1, -0.05) is 11.6 Å². The second kappa shape index (κ2) is 5.92. The third kappa shape index (κ3) is 3.48. The fraction of sp³-hybridized carbons (Fsp3) is 0.308. The second-order valence-electron chi connectivity index (χ2n) is 4.49. The van der Waals surface area contributed by atoms with Gasteiger partial charge in [-0.3, -0.25) is 9.59 Å². The number of hydrogen-bond acceptors (Lipinski definition) is 3. The topological polar surface area (TPSA) is 75.5 Å². The summed E-state index contributed by atoms with van der Waals surface area (Å²) in [7, 11) is 0. The van der Waals surface area contributed by atoms with Gasteiger partial charge >= 0.3 is 0 Å². The molecule has 106 valence electrons. The number of aromatic nitrogens is 2. The molecule has 2 rings (SSSR count). The van der Waals surface area contributed by atoms with Gasteiger partial charge in [-0.25, -0.2) is 4.98 Å². The average molecular weight is 295 g/mol. The first kappa shape index (κ1) is 14.3. The molecule has 2 amide bonds. The van der Waals surface area contributed by atoms with Gasteiger partial charge in [0.2, 0.25) is 11.8 Å². The van der Waals surface area contributed by atoms with Crippen molar-refractivity contribution in [3.05, 3.63) is 35.2 Å². The first-order valence-electron chi connectivity index (χ1n) is 6.13. The van der Waals surface area contributed by atoms with E-state index in [4.69, 9.17) is 11.6 Å². The summed E-state index contributed by atoms with van der Waals surface area (Å²) in [6, 6.07) is 2.98. The molecule has 6 nitrogen and oxygen atoms in total. The zero-order valence-electron chi connectivity index (χ0n) is 11.2. The third-order valence-electron chi connectivity index (χ3n) is 2.72. The SMILES string of the molecule is CC(=O)NC(C)C(=O)NCc1cn2cc(Cl)ccc2n1. The van der Waals surface area contributed by atoms with Crippen molar-refractivity contribution in [2.45, 2.75) is 26.4 Å². The maximum Gasteiger partial charge on any atom is 0.242 e. The van der Waals surface area contributed by atoms with Crippen LogP contribution in [0.5, 0.6) is 0 Å². The van der Waals surface area contributed by atoms with Crippen molar-refractivity contribution in [3.8, 4) is 0 Å². The van der Waals surface area contributed by atoms with Crippen molar-refractivity contribution < 1.29 is 9.59 Å². The maximum absolute atomic E-state index is 11.7. The van der Waals surface area contributed by atoms with Gasteiger partial charge in [-0.2, -0.15) is 0 Å². The Kier molecular flexibility index (Phi) is 4.24. The highest BCUT2D eigenvalue weighted by atomic mass is 35.5. The summed E-state index contributed by atoms with van der Waals surface area (Å²) in [6.45, 7) is 3.29. The van der Waals surface area contributed by atoms with E-state index >= 15 is 0 Å². The molecule has 0 saturated heterocycles. The van der Waals surface area contributed by atoms with E-state index in [1.54, 1.807) is 35.9 Å². The Labute approximate surface area is 121 Å². The zero-order chi connectivity index (χ0) is 14.7. The minimum atomic E-state index is -0.570. The summed E-state index contributed by atoms with van der Waals surface area (Å²) in [5, 5.41) is 5.85. The molecule has 7 heteroatoms. The first-order chi connectivity index (χ1) is 9.45. The van der Waals surface area contributed by atoms with Gasteiger partial charge in [-0.05, 0) is 19.1 Å². The van der Waals surface area contributed by atoms with Crippen LogP contribution in [0.25, 0.3) is 5.65 Å². The molecule has 0 saturated carbocycles.